The quantitative estimate of drug-likeness (QED) is 0.368. The van der Waals surface area contributed by atoms with Crippen molar-refractivity contribution in [3.8, 4) is 11.1 Å². The topological polar surface area (TPSA) is 0 Å². The fourth-order valence-corrected chi connectivity index (χ4v) is 5.01. The molecule has 1 unspecified atom stereocenters. The van der Waals surface area contributed by atoms with Gasteiger partial charge in [0.1, 0.15) is 0 Å². The molecule has 0 N–H and O–H groups in total. The SMILES string of the molecule is Cc1cc(Pc2ccc(-c3cc(C)c(Br)cc3C)cc2)c(C)cc1Br. The molecule has 0 saturated carbocycles. The van der Waals surface area contributed by atoms with Crippen LogP contribution in [0.15, 0.2) is 57.5 Å². The molecule has 25 heavy (non-hydrogen) atoms. The molecule has 0 fully saturated rings. The Labute approximate surface area is 169 Å². The summed E-state index contributed by atoms with van der Waals surface area (Å²) < 4.78 is 2.36. The molecular formula is C22H21Br2P. The van der Waals surface area contributed by atoms with Crippen molar-refractivity contribution in [2.24, 2.45) is 0 Å². The van der Waals surface area contributed by atoms with E-state index in [0.717, 1.165) is 0 Å². The minimum absolute atomic E-state index is 0.687. The molecular weight excluding hydrogens is 455 g/mol. The Morgan fingerprint density at radius 1 is 0.640 bits per heavy atom. The highest BCUT2D eigenvalue weighted by Gasteiger charge is 2.07. The van der Waals surface area contributed by atoms with Crippen LogP contribution in [-0.4, -0.2) is 0 Å². The van der Waals surface area contributed by atoms with Crippen LogP contribution >= 0.6 is 40.4 Å². The Hall–Kier alpha value is -0.950. The summed E-state index contributed by atoms with van der Waals surface area (Å²) in [5.74, 6) is 0. The number of hydrogen-bond donors (Lipinski definition) is 0. The zero-order valence-electron chi connectivity index (χ0n) is 14.9. The standard InChI is InChI=1S/C22H21Br2P/c1-13-10-20(23)14(2)9-19(13)17-5-7-18(8-6-17)25-22-12-15(3)21(24)11-16(22)4/h5-12,25H,1-4H3. The zero-order valence-corrected chi connectivity index (χ0v) is 19.0. The molecule has 0 aliphatic carbocycles. The van der Waals surface area contributed by atoms with Gasteiger partial charge >= 0.3 is 0 Å². The lowest BCUT2D eigenvalue weighted by Gasteiger charge is -2.12. The molecule has 0 aromatic heterocycles. The first-order valence-electron chi connectivity index (χ1n) is 8.26. The molecule has 3 aromatic carbocycles. The Morgan fingerprint density at radius 2 is 1.20 bits per heavy atom. The Bertz CT molecular complexity index is 928. The Kier molecular flexibility index (Phi) is 5.83. The molecule has 3 rings (SSSR count). The first kappa shape index (κ1) is 18.8. The van der Waals surface area contributed by atoms with E-state index in [1.54, 1.807) is 0 Å². The fraction of sp³-hybridized carbons (Fsp3) is 0.182. The molecule has 0 nitrogen and oxygen atoms in total. The average molecular weight is 476 g/mol. The molecule has 0 spiro atoms. The first-order chi connectivity index (χ1) is 11.8. The van der Waals surface area contributed by atoms with Crippen molar-refractivity contribution in [1.29, 1.82) is 0 Å². The van der Waals surface area contributed by atoms with Gasteiger partial charge in [-0.05, 0) is 83.8 Å². The van der Waals surface area contributed by atoms with E-state index < -0.39 is 0 Å². The molecule has 1 atom stereocenters. The molecule has 128 valence electrons. The molecule has 0 radical (unpaired) electrons. The fourth-order valence-electron chi connectivity index (χ4n) is 2.90. The van der Waals surface area contributed by atoms with Gasteiger partial charge in [0.15, 0.2) is 0 Å². The third kappa shape index (κ3) is 4.25. The van der Waals surface area contributed by atoms with E-state index in [-0.39, 0.29) is 0 Å². The van der Waals surface area contributed by atoms with Crippen molar-refractivity contribution in [3.05, 3.63) is 79.7 Å². The van der Waals surface area contributed by atoms with E-state index >= 15 is 0 Å². The molecule has 3 aromatic rings. The van der Waals surface area contributed by atoms with Crippen molar-refractivity contribution >= 4 is 51.0 Å². The lowest BCUT2D eigenvalue weighted by Crippen LogP contribution is -2.07. The number of halogens is 2. The second kappa shape index (κ2) is 7.74. The number of benzene rings is 3. The number of aryl methyl sites for hydroxylation is 4. The molecule has 0 aliphatic rings. The van der Waals surface area contributed by atoms with Crippen molar-refractivity contribution < 1.29 is 0 Å². The monoisotopic (exact) mass is 474 g/mol. The summed E-state index contributed by atoms with van der Waals surface area (Å²) in [7, 11) is 0.687. The third-order valence-corrected chi connectivity index (χ3v) is 7.62. The maximum atomic E-state index is 3.62. The number of rotatable bonds is 3. The van der Waals surface area contributed by atoms with Gasteiger partial charge in [0.05, 0.1) is 0 Å². The van der Waals surface area contributed by atoms with Gasteiger partial charge < -0.3 is 0 Å². The summed E-state index contributed by atoms with van der Waals surface area (Å²) in [6.45, 7) is 8.65. The van der Waals surface area contributed by atoms with E-state index in [4.69, 9.17) is 0 Å². The number of hydrogen-bond acceptors (Lipinski definition) is 0. The predicted octanol–water partition coefficient (Wildman–Crippen LogP) is 6.74. The second-order valence-corrected chi connectivity index (χ2v) is 9.61. The highest BCUT2D eigenvalue weighted by molar-refractivity contribution is 9.10. The van der Waals surface area contributed by atoms with E-state index in [0.29, 0.717) is 8.58 Å². The normalized spacial score (nSPS) is 11.4. The predicted molar refractivity (Wildman–Crippen MR) is 120 cm³/mol. The smallest absolute Gasteiger partial charge is 0.0207 e. The van der Waals surface area contributed by atoms with Crippen LogP contribution in [0.1, 0.15) is 22.3 Å². The van der Waals surface area contributed by atoms with Crippen molar-refractivity contribution in [2.75, 3.05) is 0 Å². The minimum atomic E-state index is 0.687. The van der Waals surface area contributed by atoms with Crippen molar-refractivity contribution in [1.82, 2.24) is 0 Å². The first-order valence-corrected chi connectivity index (χ1v) is 10.8. The van der Waals surface area contributed by atoms with Crippen LogP contribution in [0.2, 0.25) is 0 Å². The van der Waals surface area contributed by atoms with Crippen LogP contribution in [0, 0.1) is 27.7 Å². The maximum Gasteiger partial charge on any atom is 0.0207 e. The summed E-state index contributed by atoms with van der Waals surface area (Å²) in [4.78, 5) is 0. The minimum Gasteiger partial charge on any atom is -0.0588 e. The van der Waals surface area contributed by atoms with Gasteiger partial charge in [0.25, 0.3) is 0 Å². The van der Waals surface area contributed by atoms with Gasteiger partial charge in [-0.3, -0.25) is 0 Å². The molecule has 0 aliphatic heterocycles. The van der Waals surface area contributed by atoms with Gasteiger partial charge in [0, 0.05) is 8.95 Å². The van der Waals surface area contributed by atoms with Crippen LogP contribution in [-0.2, 0) is 0 Å². The Balaban J connectivity index is 1.88. The summed E-state index contributed by atoms with van der Waals surface area (Å²) in [6.07, 6.45) is 0. The summed E-state index contributed by atoms with van der Waals surface area (Å²) in [5.41, 5.74) is 7.81. The van der Waals surface area contributed by atoms with Gasteiger partial charge in [0.2, 0.25) is 0 Å². The van der Waals surface area contributed by atoms with Crippen molar-refractivity contribution in [2.45, 2.75) is 27.7 Å². The summed E-state index contributed by atoms with van der Waals surface area (Å²) >= 11 is 7.24. The largest absolute Gasteiger partial charge is 0.0588 e. The van der Waals surface area contributed by atoms with Gasteiger partial charge in [-0.25, -0.2) is 0 Å². The van der Waals surface area contributed by atoms with Crippen LogP contribution in [0.3, 0.4) is 0 Å². The molecule has 0 saturated heterocycles. The summed E-state index contributed by atoms with van der Waals surface area (Å²) in [6, 6.07) is 18.0. The van der Waals surface area contributed by atoms with Crippen LogP contribution in [0.5, 0.6) is 0 Å². The average Bonchev–Trinajstić information content (AvgIpc) is 2.57. The van der Waals surface area contributed by atoms with Crippen LogP contribution in [0.4, 0.5) is 0 Å². The van der Waals surface area contributed by atoms with E-state index in [2.05, 4.69) is 108 Å². The third-order valence-electron chi connectivity index (χ3n) is 4.49. The highest BCUT2D eigenvalue weighted by Crippen LogP contribution is 2.29. The Morgan fingerprint density at radius 3 is 1.84 bits per heavy atom. The lowest BCUT2D eigenvalue weighted by atomic mass is 9.99. The summed E-state index contributed by atoms with van der Waals surface area (Å²) in [5, 5.41) is 2.80. The maximum absolute atomic E-state index is 3.62. The van der Waals surface area contributed by atoms with Crippen LogP contribution < -0.4 is 10.6 Å². The molecule has 0 bridgehead atoms. The van der Waals surface area contributed by atoms with E-state index in [9.17, 15) is 0 Å². The van der Waals surface area contributed by atoms with Crippen molar-refractivity contribution in [3.63, 3.8) is 0 Å². The van der Waals surface area contributed by atoms with E-state index in [1.807, 2.05) is 0 Å². The molecule has 0 heterocycles. The van der Waals surface area contributed by atoms with E-state index in [1.165, 1.54) is 52.9 Å². The molecule has 3 heteroatoms. The van der Waals surface area contributed by atoms with Gasteiger partial charge in [-0.15, -0.1) is 0 Å². The zero-order chi connectivity index (χ0) is 18.1. The highest BCUT2D eigenvalue weighted by atomic mass is 79.9. The van der Waals surface area contributed by atoms with Gasteiger partial charge in [-0.1, -0.05) is 76.8 Å². The molecule has 0 amide bonds. The second-order valence-electron chi connectivity index (χ2n) is 6.53. The van der Waals surface area contributed by atoms with Crippen LogP contribution in [0.25, 0.3) is 11.1 Å². The lowest BCUT2D eigenvalue weighted by molar-refractivity contribution is 1.36. The van der Waals surface area contributed by atoms with Gasteiger partial charge in [-0.2, -0.15) is 0 Å².